The van der Waals surface area contributed by atoms with Gasteiger partial charge in [0.25, 0.3) is 5.91 Å². The van der Waals surface area contributed by atoms with Gasteiger partial charge in [-0.15, -0.1) is 11.8 Å². The molecule has 1 saturated heterocycles. The maximum absolute atomic E-state index is 13.3. The minimum Gasteiger partial charge on any atom is -0.376 e. The summed E-state index contributed by atoms with van der Waals surface area (Å²) >= 11 is 1.87. The number of nitrogens with zero attached hydrogens (tertiary/aromatic N) is 2. The lowest BCUT2D eigenvalue weighted by Gasteiger charge is -2.25. The van der Waals surface area contributed by atoms with Crippen molar-refractivity contribution in [2.75, 3.05) is 26.4 Å². The number of benzene rings is 1. The van der Waals surface area contributed by atoms with Gasteiger partial charge in [-0.1, -0.05) is 33.8 Å². The van der Waals surface area contributed by atoms with Crippen molar-refractivity contribution < 1.29 is 19.1 Å². The SMILES string of the molecule is CCC(CC)n1c(CC2CC=CS2)nc2cc(C(=O)N[C@@H](CC(C)C)C(=O)NCC3COCCO3)ccc21. The number of hydrogen-bond acceptors (Lipinski definition) is 6. The second kappa shape index (κ2) is 13.6. The topological polar surface area (TPSA) is 94.5 Å². The number of carbonyl (C=O) groups is 2. The maximum atomic E-state index is 13.3. The molecule has 1 aromatic carbocycles. The highest BCUT2D eigenvalue weighted by Crippen LogP contribution is 2.31. The van der Waals surface area contributed by atoms with Crippen molar-refractivity contribution in [3.63, 3.8) is 0 Å². The van der Waals surface area contributed by atoms with E-state index in [-0.39, 0.29) is 23.8 Å². The fraction of sp³-hybridized carbons (Fsp3) is 0.621. The highest BCUT2D eigenvalue weighted by atomic mass is 32.2. The van der Waals surface area contributed by atoms with E-state index in [0.717, 1.165) is 42.5 Å². The maximum Gasteiger partial charge on any atom is 0.252 e. The summed E-state index contributed by atoms with van der Waals surface area (Å²) in [4.78, 5) is 31.4. The molecule has 38 heavy (non-hydrogen) atoms. The lowest BCUT2D eigenvalue weighted by molar-refractivity contribution is -0.126. The Morgan fingerprint density at radius 3 is 2.68 bits per heavy atom. The first-order valence-electron chi connectivity index (χ1n) is 14.0. The summed E-state index contributed by atoms with van der Waals surface area (Å²) < 4.78 is 13.4. The van der Waals surface area contributed by atoms with Gasteiger partial charge < -0.3 is 24.7 Å². The van der Waals surface area contributed by atoms with E-state index in [0.29, 0.717) is 49.6 Å². The first kappa shape index (κ1) is 28.6. The molecule has 0 radical (unpaired) electrons. The van der Waals surface area contributed by atoms with Crippen LogP contribution in [-0.2, 0) is 20.7 Å². The van der Waals surface area contributed by atoms with Gasteiger partial charge in [0, 0.05) is 29.8 Å². The third-order valence-corrected chi connectivity index (χ3v) is 8.32. The van der Waals surface area contributed by atoms with Crippen LogP contribution in [0.1, 0.15) is 75.6 Å². The Morgan fingerprint density at radius 2 is 2.03 bits per heavy atom. The Labute approximate surface area is 230 Å². The summed E-state index contributed by atoms with van der Waals surface area (Å²) in [5.74, 6) is 0.854. The standard InChI is InChI=1S/C29H42N4O4S/c1-5-21(6-2)33-26-10-9-20(15-24(26)31-27(33)16-23-8-7-13-38-23)28(34)32-25(14-19(3)4)29(35)30-17-22-18-36-11-12-37-22/h7,9-10,13,15,19,21-23,25H,5-6,8,11-12,14,16-18H2,1-4H3,(H,30,35)(H,32,34)/t22?,23?,25-/m0/s1. The Hall–Kier alpha value is -2.36. The van der Waals surface area contributed by atoms with Gasteiger partial charge in [-0.25, -0.2) is 4.98 Å². The van der Waals surface area contributed by atoms with Crippen LogP contribution in [0.3, 0.4) is 0 Å². The van der Waals surface area contributed by atoms with E-state index in [1.165, 1.54) is 0 Å². The largest absolute Gasteiger partial charge is 0.376 e. The number of hydrogen-bond donors (Lipinski definition) is 2. The minimum absolute atomic E-state index is 0.164. The molecular formula is C29H42N4O4S. The summed E-state index contributed by atoms with van der Waals surface area (Å²) in [5.41, 5.74) is 2.41. The van der Waals surface area contributed by atoms with Crippen molar-refractivity contribution in [2.45, 2.75) is 83.2 Å². The van der Waals surface area contributed by atoms with E-state index in [1.54, 1.807) is 0 Å². The lowest BCUT2D eigenvalue weighted by atomic mass is 10.0. The monoisotopic (exact) mass is 542 g/mol. The molecule has 2 aromatic rings. The summed E-state index contributed by atoms with van der Waals surface area (Å²) in [5, 5.41) is 8.59. The molecule has 0 bridgehead atoms. The molecule has 1 fully saturated rings. The van der Waals surface area contributed by atoms with Crippen molar-refractivity contribution in [2.24, 2.45) is 5.92 Å². The van der Waals surface area contributed by atoms with Gasteiger partial charge in [0.2, 0.25) is 5.91 Å². The van der Waals surface area contributed by atoms with Crippen molar-refractivity contribution >= 4 is 34.6 Å². The smallest absolute Gasteiger partial charge is 0.252 e. The summed E-state index contributed by atoms with van der Waals surface area (Å²) in [7, 11) is 0. The Balaban J connectivity index is 1.51. The van der Waals surface area contributed by atoms with Gasteiger partial charge in [0.15, 0.2) is 0 Å². The molecule has 4 rings (SSSR count). The predicted octanol–water partition coefficient (Wildman–Crippen LogP) is 4.64. The van der Waals surface area contributed by atoms with Gasteiger partial charge in [0.05, 0.1) is 37.0 Å². The normalized spacial score (nSPS) is 20.4. The highest BCUT2D eigenvalue weighted by Gasteiger charge is 2.26. The first-order chi connectivity index (χ1) is 18.4. The van der Waals surface area contributed by atoms with Crippen LogP contribution in [0.2, 0.25) is 0 Å². The number of nitrogens with one attached hydrogen (secondary N) is 2. The molecule has 2 aliphatic heterocycles. The summed E-state index contributed by atoms with van der Waals surface area (Å²) in [6.45, 7) is 10.4. The average Bonchev–Trinajstić information content (AvgIpc) is 3.55. The predicted molar refractivity (Wildman–Crippen MR) is 152 cm³/mol. The number of amides is 2. The number of imidazole rings is 1. The van der Waals surface area contributed by atoms with Crippen LogP contribution in [0.5, 0.6) is 0 Å². The van der Waals surface area contributed by atoms with Gasteiger partial charge in [0.1, 0.15) is 11.9 Å². The molecule has 0 saturated carbocycles. The third-order valence-electron chi connectivity index (χ3n) is 7.23. The molecule has 3 atom stereocenters. The zero-order valence-electron chi connectivity index (χ0n) is 23.1. The molecule has 2 aliphatic rings. The average molecular weight is 543 g/mol. The zero-order chi connectivity index (χ0) is 27.1. The van der Waals surface area contributed by atoms with Gasteiger partial charge in [-0.3, -0.25) is 9.59 Å². The van der Waals surface area contributed by atoms with Crippen molar-refractivity contribution in [1.82, 2.24) is 20.2 Å². The van der Waals surface area contributed by atoms with E-state index in [4.69, 9.17) is 14.5 Å². The van der Waals surface area contributed by atoms with Crippen molar-refractivity contribution in [3.8, 4) is 0 Å². The molecule has 8 nitrogen and oxygen atoms in total. The number of carbonyl (C=O) groups excluding carboxylic acids is 2. The number of rotatable bonds is 12. The third kappa shape index (κ3) is 7.18. The molecule has 2 amide bonds. The lowest BCUT2D eigenvalue weighted by Crippen LogP contribution is -2.50. The van der Waals surface area contributed by atoms with Crippen LogP contribution in [0, 0.1) is 5.92 Å². The van der Waals surface area contributed by atoms with Crippen LogP contribution in [-0.4, -0.2) is 65.1 Å². The van der Waals surface area contributed by atoms with Gasteiger partial charge in [-0.05, 0) is 55.2 Å². The second-order valence-corrected chi connectivity index (χ2v) is 11.8. The number of ether oxygens (including phenoxy) is 2. The number of fused-ring (bicyclic) bond motifs is 1. The first-order valence-corrected chi connectivity index (χ1v) is 14.9. The van der Waals surface area contributed by atoms with Crippen LogP contribution < -0.4 is 10.6 Å². The van der Waals surface area contributed by atoms with Crippen LogP contribution in [0.15, 0.2) is 29.7 Å². The van der Waals surface area contributed by atoms with Crippen molar-refractivity contribution in [1.29, 1.82) is 0 Å². The van der Waals surface area contributed by atoms with E-state index in [1.807, 2.05) is 43.8 Å². The molecule has 1 aromatic heterocycles. The van der Waals surface area contributed by atoms with E-state index in [9.17, 15) is 9.59 Å². The Morgan fingerprint density at radius 1 is 1.21 bits per heavy atom. The summed E-state index contributed by atoms with van der Waals surface area (Å²) in [6.07, 6.45) is 6.61. The number of allylic oxidation sites excluding steroid dienone is 1. The van der Waals surface area contributed by atoms with Crippen molar-refractivity contribution in [3.05, 3.63) is 41.1 Å². The molecule has 0 aliphatic carbocycles. The Bertz CT molecular complexity index is 1110. The van der Waals surface area contributed by atoms with Crippen LogP contribution in [0.4, 0.5) is 0 Å². The fourth-order valence-corrected chi connectivity index (χ4v) is 6.11. The number of thioether (sulfide) groups is 1. The summed E-state index contributed by atoms with van der Waals surface area (Å²) in [6, 6.07) is 5.46. The molecule has 2 unspecified atom stereocenters. The highest BCUT2D eigenvalue weighted by molar-refractivity contribution is 8.03. The quantitative estimate of drug-likeness (QED) is 0.406. The van der Waals surface area contributed by atoms with Gasteiger partial charge >= 0.3 is 0 Å². The number of aromatic nitrogens is 2. The second-order valence-electron chi connectivity index (χ2n) is 10.6. The Kier molecular flexibility index (Phi) is 10.3. The molecule has 208 valence electrons. The van der Waals surface area contributed by atoms with Crippen LogP contribution in [0.25, 0.3) is 11.0 Å². The van der Waals surface area contributed by atoms with Gasteiger partial charge in [-0.2, -0.15) is 0 Å². The fourth-order valence-electron chi connectivity index (χ4n) is 5.20. The zero-order valence-corrected chi connectivity index (χ0v) is 23.9. The van der Waals surface area contributed by atoms with E-state index < -0.39 is 6.04 Å². The molecular weight excluding hydrogens is 500 g/mol. The van der Waals surface area contributed by atoms with E-state index in [2.05, 4.69) is 40.5 Å². The molecule has 9 heteroatoms. The van der Waals surface area contributed by atoms with E-state index >= 15 is 0 Å². The molecule has 2 N–H and O–H groups in total. The molecule has 3 heterocycles. The van der Waals surface area contributed by atoms with Crippen LogP contribution >= 0.6 is 11.8 Å². The molecule has 0 spiro atoms. The minimum atomic E-state index is -0.632.